The number of nitrogens with one attached hydrogen (secondary N) is 4. The van der Waals surface area contributed by atoms with Crippen LogP contribution in [-0.4, -0.2) is 119 Å². The van der Waals surface area contributed by atoms with Crippen LogP contribution in [0.25, 0.3) is 33.6 Å². The first-order chi connectivity index (χ1) is 27.5. The van der Waals surface area contributed by atoms with Gasteiger partial charge in [-0.1, -0.05) is 83.1 Å². The molecule has 1 fully saturated rings. The van der Waals surface area contributed by atoms with Crippen LogP contribution in [0.5, 0.6) is 0 Å². The summed E-state index contributed by atoms with van der Waals surface area (Å²) in [6.07, 6.45) is 3.79. The third-order valence-corrected chi connectivity index (χ3v) is 11.2. The molecule has 0 spiro atoms. The van der Waals surface area contributed by atoms with E-state index < -0.39 is 46.2 Å². The fourth-order valence-corrected chi connectivity index (χ4v) is 7.48. The van der Waals surface area contributed by atoms with Gasteiger partial charge >= 0.3 is 12.2 Å². The van der Waals surface area contributed by atoms with E-state index in [1.54, 1.807) is 31.1 Å². The summed E-state index contributed by atoms with van der Waals surface area (Å²) in [5, 5.41) is 5.23. The first kappa shape index (κ1) is 43.4. The van der Waals surface area contributed by atoms with Gasteiger partial charge in [0.05, 0.1) is 57.5 Å². The first-order valence-electron chi connectivity index (χ1n) is 19.1. The number of hydrogen-bond acceptors (Lipinski definition) is 10. The van der Waals surface area contributed by atoms with Gasteiger partial charge in [-0.05, 0) is 40.5 Å². The van der Waals surface area contributed by atoms with Crippen molar-refractivity contribution < 1.29 is 37.1 Å². The third-order valence-electron chi connectivity index (χ3n) is 10.0. The topological polar surface area (TPSA) is 212 Å². The molecule has 2 aromatic heterocycles. The lowest BCUT2D eigenvalue weighted by molar-refractivity contribution is -0.136. The summed E-state index contributed by atoms with van der Waals surface area (Å²) in [6.45, 7) is 9.85. The van der Waals surface area contributed by atoms with Gasteiger partial charge in [0.2, 0.25) is 21.8 Å². The summed E-state index contributed by atoms with van der Waals surface area (Å²) in [6, 6.07) is 13.5. The molecule has 18 heteroatoms. The minimum absolute atomic E-state index is 0.00125. The molecule has 0 unspecified atom stereocenters. The molecule has 0 aliphatic carbocycles. The summed E-state index contributed by atoms with van der Waals surface area (Å²) in [5.41, 5.74) is 5.19. The summed E-state index contributed by atoms with van der Waals surface area (Å²) in [5.74, 6) is -0.0607. The fraction of sp³-hybridized carbons (Fsp3) is 0.450. The Bertz CT molecular complexity index is 2170. The number of carbonyl (C=O) groups excluding carboxylic acids is 4. The van der Waals surface area contributed by atoms with Gasteiger partial charge in [-0.2, -0.15) is 4.31 Å². The second kappa shape index (κ2) is 18.7. The third kappa shape index (κ3) is 10.2. The van der Waals surface area contributed by atoms with Crippen LogP contribution in [0.2, 0.25) is 0 Å². The molecule has 4 N–H and O–H groups in total. The normalized spacial score (nSPS) is 15.6. The number of benzene rings is 2. The Morgan fingerprint density at radius 2 is 1.31 bits per heavy atom. The van der Waals surface area contributed by atoms with Crippen molar-refractivity contribution >= 4 is 34.0 Å². The average molecular weight is 820 g/mol. The van der Waals surface area contributed by atoms with E-state index in [4.69, 9.17) is 9.47 Å². The van der Waals surface area contributed by atoms with Crippen LogP contribution in [0.1, 0.15) is 58.7 Å². The molecule has 1 aliphatic heterocycles. The highest BCUT2D eigenvalue weighted by Crippen LogP contribution is 2.32. The van der Waals surface area contributed by atoms with Crippen LogP contribution in [0.4, 0.5) is 9.59 Å². The van der Waals surface area contributed by atoms with Crippen LogP contribution >= 0.6 is 0 Å². The number of ether oxygens (including phenoxy) is 2. The molecule has 5 rings (SSSR count). The quantitative estimate of drug-likeness (QED) is 0.129. The lowest BCUT2D eigenvalue weighted by Gasteiger charge is -2.29. The molecule has 58 heavy (non-hydrogen) atoms. The molecule has 0 bridgehead atoms. The van der Waals surface area contributed by atoms with Gasteiger partial charge in [0.1, 0.15) is 29.8 Å². The van der Waals surface area contributed by atoms with Gasteiger partial charge in [0.25, 0.3) is 0 Å². The van der Waals surface area contributed by atoms with Crippen molar-refractivity contribution in [3.8, 4) is 33.6 Å². The number of imidazole rings is 2. The fourth-order valence-electron chi connectivity index (χ4n) is 6.73. The molecule has 4 amide bonds. The lowest BCUT2D eigenvalue weighted by atomic mass is 10.0. The van der Waals surface area contributed by atoms with E-state index in [1.807, 2.05) is 69.3 Å². The molecule has 0 saturated carbocycles. The maximum Gasteiger partial charge on any atom is 0.407 e. The Morgan fingerprint density at radius 1 is 0.810 bits per heavy atom. The maximum atomic E-state index is 13.8. The minimum Gasteiger partial charge on any atom is -0.453 e. The zero-order valence-corrected chi connectivity index (χ0v) is 34.9. The van der Waals surface area contributed by atoms with Gasteiger partial charge in [0.15, 0.2) is 0 Å². The average Bonchev–Trinajstić information content (AvgIpc) is 3.99. The van der Waals surface area contributed by atoms with E-state index in [0.717, 1.165) is 40.6 Å². The monoisotopic (exact) mass is 819 g/mol. The van der Waals surface area contributed by atoms with Crippen LogP contribution in [0, 0.1) is 11.8 Å². The van der Waals surface area contributed by atoms with E-state index in [0.29, 0.717) is 23.9 Å². The summed E-state index contributed by atoms with van der Waals surface area (Å²) in [4.78, 5) is 70.0. The molecule has 1 saturated heterocycles. The number of aromatic nitrogens is 4. The molecule has 0 radical (unpaired) electrons. The largest absolute Gasteiger partial charge is 0.453 e. The zero-order chi connectivity index (χ0) is 42.3. The van der Waals surface area contributed by atoms with Crippen LogP contribution < -0.4 is 10.6 Å². The van der Waals surface area contributed by atoms with Crippen molar-refractivity contribution in [1.82, 2.24) is 44.7 Å². The van der Waals surface area contributed by atoms with Crippen LogP contribution in [0.15, 0.2) is 60.9 Å². The molecule has 2 aromatic carbocycles. The van der Waals surface area contributed by atoms with E-state index in [2.05, 4.69) is 30.6 Å². The predicted molar refractivity (Wildman–Crippen MR) is 217 cm³/mol. The van der Waals surface area contributed by atoms with Crippen molar-refractivity contribution in [2.75, 3.05) is 40.2 Å². The number of rotatable bonds is 15. The van der Waals surface area contributed by atoms with E-state index in [1.165, 1.54) is 23.4 Å². The molecule has 1 aliphatic rings. The molecule has 3 atom stereocenters. The minimum atomic E-state index is -3.64. The Hall–Kier alpha value is -5.75. The molecule has 3 heterocycles. The first-order valence-corrected chi connectivity index (χ1v) is 20.9. The Balaban J connectivity index is 1.28. The van der Waals surface area contributed by atoms with Crippen molar-refractivity contribution in [1.29, 1.82) is 0 Å². The van der Waals surface area contributed by atoms with Gasteiger partial charge in [-0.15, -0.1) is 0 Å². The highest BCUT2D eigenvalue weighted by molar-refractivity contribution is 7.88. The van der Waals surface area contributed by atoms with Crippen molar-refractivity contribution in [2.24, 2.45) is 11.8 Å². The van der Waals surface area contributed by atoms with Crippen LogP contribution in [-0.2, 0) is 35.6 Å². The van der Waals surface area contributed by atoms with Gasteiger partial charge in [0, 0.05) is 13.1 Å². The number of methoxy groups -OCH3 is 2. The number of sulfonamides is 1. The highest BCUT2D eigenvalue weighted by atomic mass is 32.2. The number of nitrogens with zero attached hydrogens (tertiary/aromatic N) is 5. The Kier molecular flexibility index (Phi) is 14.0. The number of hydrogen-bond donors (Lipinski definition) is 4. The Labute approximate surface area is 338 Å². The van der Waals surface area contributed by atoms with Gasteiger partial charge in [-0.25, -0.2) is 28.0 Å². The summed E-state index contributed by atoms with van der Waals surface area (Å²) >= 11 is 0. The molecular formula is C40H53N9O8S. The van der Waals surface area contributed by atoms with E-state index in [9.17, 15) is 27.6 Å². The number of amides is 4. The summed E-state index contributed by atoms with van der Waals surface area (Å²) < 4.78 is 35.8. The standard InChI is InChI=1S/C40H53N9O8S/c1-9-18-47(37(50)34(24(2)3)45-39(52)56-6)22-33-41-19-30(43-33)28-14-10-26(11-15-28)27-12-16-29(17-13-27)31-20-42-36(44-31)32-21-48(58(8,54)55)23-49(32)38(51)35(25(4)5)46-40(53)57-7/h10-17,19-20,24-25,32,34-35H,9,18,21-23H2,1-8H3,(H,41,43)(H,42,44)(H,45,52)(H,46,53)/t32-,34-,35-/m0/s1. The Morgan fingerprint density at radius 3 is 1.81 bits per heavy atom. The SMILES string of the molecule is CCCN(Cc1ncc(-c2ccc(-c3ccc(-c4cnc([C@@H]5CN(S(C)(=O)=O)CN5C(=O)[C@@H](NC(=O)OC)C(C)C)[nH]4)cc3)cc2)[nH]1)C(=O)[C@@H](NC(=O)OC)C(C)C. The number of alkyl carbamates (subject to hydrolysis) is 2. The molecular weight excluding hydrogens is 767 g/mol. The summed E-state index contributed by atoms with van der Waals surface area (Å²) in [7, 11) is -1.17. The van der Waals surface area contributed by atoms with Crippen molar-refractivity contribution in [2.45, 2.75) is 65.7 Å². The van der Waals surface area contributed by atoms with Gasteiger partial charge in [-0.3, -0.25) is 9.59 Å². The second-order valence-corrected chi connectivity index (χ2v) is 16.9. The second-order valence-electron chi connectivity index (χ2n) is 14.9. The number of aromatic amines is 2. The molecule has 4 aromatic rings. The maximum absolute atomic E-state index is 13.8. The molecule has 312 valence electrons. The van der Waals surface area contributed by atoms with Crippen molar-refractivity contribution in [3.05, 3.63) is 72.6 Å². The van der Waals surface area contributed by atoms with Crippen LogP contribution in [0.3, 0.4) is 0 Å². The van der Waals surface area contributed by atoms with E-state index >= 15 is 0 Å². The smallest absolute Gasteiger partial charge is 0.407 e. The van der Waals surface area contributed by atoms with Gasteiger partial charge < -0.3 is 39.9 Å². The molecule has 17 nitrogen and oxygen atoms in total. The zero-order valence-electron chi connectivity index (χ0n) is 34.1. The number of carbonyl (C=O) groups is 4. The lowest BCUT2D eigenvalue weighted by Crippen LogP contribution is -2.51. The predicted octanol–water partition coefficient (Wildman–Crippen LogP) is 4.74. The van der Waals surface area contributed by atoms with Crippen molar-refractivity contribution in [3.63, 3.8) is 0 Å². The number of H-pyrrole nitrogens is 2. The van der Waals surface area contributed by atoms with E-state index in [-0.39, 0.29) is 37.5 Å². The highest BCUT2D eigenvalue weighted by Gasteiger charge is 2.43.